The third-order valence-electron chi connectivity index (χ3n) is 7.60. The molecule has 2 aromatic carbocycles. The van der Waals surface area contributed by atoms with Gasteiger partial charge in [-0.15, -0.1) is 0 Å². The molecule has 6 rings (SSSR count). The Hall–Kier alpha value is -3.21. The maximum Gasteiger partial charge on any atom is 0.286 e. The van der Waals surface area contributed by atoms with Gasteiger partial charge in [0.15, 0.2) is 5.17 Å². The first-order valence-electron chi connectivity index (χ1n) is 14.0. The van der Waals surface area contributed by atoms with Gasteiger partial charge in [0.05, 0.1) is 15.5 Å². The second-order valence-electron chi connectivity index (χ2n) is 10.4. The first-order valence-corrected chi connectivity index (χ1v) is 16.3. The summed E-state index contributed by atoms with van der Waals surface area (Å²) in [7, 11) is -3.62. The lowest BCUT2D eigenvalue weighted by Crippen LogP contribution is -2.33. The van der Waals surface area contributed by atoms with Crippen LogP contribution in [0.2, 0.25) is 0 Å². The summed E-state index contributed by atoms with van der Waals surface area (Å²) in [4.78, 5) is 20.3. The van der Waals surface area contributed by atoms with Gasteiger partial charge in [0.2, 0.25) is 10.0 Å². The molecule has 0 aliphatic carbocycles. The van der Waals surface area contributed by atoms with Crippen LogP contribution in [0.25, 0.3) is 23.0 Å². The number of amides is 1. The van der Waals surface area contributed by atoms with Gasteiger partial charge in [0, 0.05) is 43.5 Å². The highest BCUT2D eigenvalue weighted by molar-refractivity contribution is 8.18. The molecule has 208 valence electrons. The summed E-state index contributed by atoms with van der Waals surface area (Å²) in [5.41, 5.74) is 2.91. The molecule has 3 aliphatic rings. The Morgan fingerprint density at radius 3 is 2.27 bits per heavy atom. The number of hydrogen-bond acceptors (Lipinski definition) is 6. The number of aliphatic imine (C=N–C) groups is 1. The number of carbonyl (C=O) groups is 1. The van der Waals surface area contributed by atoms with Gasteiger partial charge in [-0.05, 0) is 74.2 Å². The Labute approximate surface area is 239 Å². The fourth-order valence-electron chi connectivity index (χ4n) is 5.42. The second-order valence-corrected chi connectivity index (χ2v) is 13.4. The van der Waals surface area contributed by atoms with Crippen molar-refractivity contribution in [2.24, 2.45) is 4.99 Å². The van der Waals surface area contributed by atoms with E-state index >= 15 is 0 Å². The lowest BCUT2D eigenvalue weighted by atomic mass is 10.1. The van der Waals surface area contributed by atoms with Crippen molar-refractivity contribution in [2.45, 2.75) is 49.8 Å². The molecule has 0 unspecified atom stereocenters. The molecule has 2 fully saturated rings. The number of para-hydroxylation sites is 1. The predicted octanol–water partition coefficient (Wildman–Crippen LogP) is 5.56. The Bertz CT molecular complexity index is 1550. The lowest BCUT2D eigenvalue weighted by Gasteiger charge is -2.27. The van der Waals surface area contributed by atoms with Crippen LogP contribution in [-0.2, 0) is 14.8 Å². The van der Waals surface area contributed by atoms with Gasteiger partial charge in [-0.1, -0.05) is 43.2 Å². The summed E-state index contributed by atoms with van der Waals surface area (Å²) in [6.45, 7) is 2.93. The standard InChI is InChI=1S/C30H33N5O3S2/c36-29-27(39-30(31-29)33-16-7-4-8-17-33)21-24-22-35(25-13-5-3-6-14-25)32-28(24)23-12-11-15-26(20-23)40(37,38)34-18-9-1-2-10-19-34/h3,5-6,11-15,20-22H,1-2,4,7-10,16-19H2. The Balaban J connectivity index is 1.37. The van der Waals surface area contributed by atoms with E-state index < -0.39 is 10.0 Å². The third kappa shape index (κ3) is 5.66. The number of thioether (sulfide) groups is 1. The van der Waals surface area contributed by atoms with E-state index in [1.165, 1.54) is 18.2 Å². The van der Waals surface area contributed by atoms with Crippen molar-refractivity contribution in [3.8, 4) is 16.9 Å². The molecule has 3 aromatic rings. The number of rotatable bonds is 5. The zero-order valence-electron chi connectivity index (χ0n) is 22.4. The van der Waals surface area contributed by atoms with Crippen molar-refractivity contribution in [2.75, 3.05) is 26.2 Å². The molecule has 0 radical (unpaired) electrons. The first kappa shape index (κ1) is 27.0. The molecular weight excluding hydrogens is 542 g/mol. The van der Waals surface area contributed by atoms with E-state index in [1.807, 2.05) is 48.7 Å². The zero-order valence-corrected chi connectivity index (χ0v) is 24.0. The van der Waals surface area contributed by atoms with Gasteiger partial charge in [-0.3, -0.25) is 4.79 Å². The summed E-state index contributed by atoms with van der Waals surface area (Å²) in [5, 5.41) is 5.64. The maximum atomic E-state index is 13.6. The quantitative estimate of drug-likeness (QED) is 0.370. The fourth-order valence-corrected chi connectivity index (χ4v) is 7.94. The molecule has 10 heteroatoms. The second kappa shape index (κ2) is 11.7. The number of hydrogen-bond donors (Lipinski definition) is 0. The highest BCUT2D eigenvalue weighted by Crippen LogP contribution is 2.35. The van der Waals surface area contributed by atoms with Crippen molar-refractivity contribution in [1.29, 1.82) is 0 Å². The van der Waals surface area contributed by atoms with E-state index in [0.29, 0.717) is 29.3 Å². The first-order chi connectivity index (χ1) is 19.5. The number of aromatic nitrogens is 2. The minimum Gasteiger partial charge on any atom is -0.351 e. The van der Waals surface area contributed by atoms with Gasteiger partial charge in [-0.2, -0.15) is 14.4 Å². The van der Waals surface area contributed by atoms with E-state index in [2.05, 4.69) is 9.89 Å². The largest absolute Gasteiger partial charge is 0.351 e. The molecule has 1 aromatic heterocycles. The minimum atomic E-state index is -3.62. The SMILES string of the molecule is O=C1N=C(N2CCCCC2)SC1=Cc1cn(-c2ccccc2)nc1-c1cccc(S(=O)(=O)N2CCCCCC2)c1. The molecule has 0 N–H and O–H groups in total. The summed E-state index contributed by atoms with van der Waals surface area (Å²) >= 11 is 1.41. The summed E-state index contributed by atoms with van der Waals surface area (Å²) in [6.07, 6.45) is 11.0. The molecule has 0 atom stereocenters. The van der Waals surface area contributed by atoms with Crippen molar-refractivity contribution in [3.63, 3.8) is 0 Å². The van der Waals surface area contributed by atoms with Gasteiger partial charge >= 0.3 is 0 Å². The van der Waals surface area contributed by atoms with Gasteiger partial charge in [0.1, 0.15) is 5.69 Å². The molecule has 40 heavy (non-hydrogen) atoms. The highest BCUT2D eigenvalue weighted by Gasteiger charge is 2.29. The maximum absolute atomic E-state index is 13.6. The minimum absolute atomic E-state index is 0.249. The van der Waals surface area contributed by atoms with Gasteiger partial charge < -0.3 is 4.90 Å². The molecule has 2 saturated heterocycles. The number of benzene rings is 2. The van der Waals surface area contributed by atoms with Crippen LogP contribution in [0.4, 0.5) is 0 Å². The van der Waals surface area contributed by atoms with Crippen molar-refractivity contribution >= 4 is 38.9 Å². The Morgan fingerprint density at radius 1 is 0.825 bits per heavy atom. The lowest BCUT2D eigenvalue weighted by molar-refractivity contribution is -0.113. The van der Waals surface area contributed by atoms with Crippen LogP contribution in [0.3, 0.4) is 0 Å². The van der Waals surface area contributed by atoms with Crippen LogP contribution in [0.1, 0.15) is 50.5 Å². The van der Waals surface area contributed by atoms with Crippen molar-refractivity contribution in [1.82, 2.24) is 19.0 Å². The molecule has 3 aliphatic heterocycles. The number of nitrogens with zero attached hydrogens (tertiary/aromatic N) is 5. The highest BCUT2D eigenvalue weighted by atomic mass is 32.2. The van der Waals surface area contributed by atoms with Crippen molar-refractivity contribution in [3.05, 3.63) is 71.3 Å². The van der Waals surface area contributed by atoms with Gasteiger partial charge in [0.25, 0.3) is 5.91 Å². The molecule has 4 heterocycles. The average molecular weight is 576 g/mol. The molecule has 8 nitrogen and oxygen atoms in total. The average Bonchev–Trinajstić information content (AvgIpc) is 3.45. The summed E-state index contributed by atoms with van der Waals surface area (Å²) < 4.78 is 30.5. The van der Waals surface area contributed by atoms with Crippen LogP contribution < -0.4 is 0 Å². The topological polar surface area (TPSA) is 87.9 Å². The summed E-state index contributed by atoms with van der Waals surface area (Å²) in [5.74, 6) is -0.249. The molecule has 1 amide bonds. The van der Waals surface area contributed by atoms with Crippen LogP contribution >= 0.6 is 11.8 Å². The molecular formula is C30H33N5O3S2. The molecule has 0 bridgehead atoms. The van der Waals surface area contributed by atoms with E-state index in [4.69, 9.17) is 5.10 Å². The van der Waals surface area contributed by atoms with Gasteiger partial charge in [-0.25, -0.2) is 13.1 Å². The van der Waals surface area contributed by atoms with E-state index in [0.717, 1.165) is 68.0 Å². The smallest absolute Gasteiger partial charge is 0.286 e. The van der Waals surface area contributed by atoms with Crippen LogP contribution in [0, 0.1) is 0 Å². The molecule has 0 spiro atoms. The van der Waals surface area contributed by atoms with E-state index in [9.17, 15) is 13.2 Å². The number of likely N-dealkylation sites (tertiary alicyclic amines) is 1. The molecule has 0 saturated carbocycles. The Morgan fingerprint density at radius 2 is 1.52 bits per heavy atom. The number of amidine groups is 1. The fraction of sp³-hybridized carbons (Fsp3) is 0.367. The number of sulfonamides is 1. The van der Waals surface area contributed by atoms with Crippen LogP contribution in [-0.4, -0.2) is 64.7 Å². The van der Waals surface area contributed by atoms with E-state index in [-0.39, 0.29) is 10.8 Å². The number of piperidine rings is 1. The monoisotopic (exact) mass is 575 g/mol. The van der Waals surface area contributed by atoms with E-state index in [1.54, 1.807) is 27.2 Å². The van der Waals surface area contributed by atoms with Crippen LogP contribution in [0.15, 0.2) is 75.6 Å². The third-order valence-corrected chi connectivity index (χ3v) is 10.5. The zero-order chi connectivity index (χ0) is 27.5. The summed E-state index contributed by atoms with van der Waals surface area (Å²) in [6, 6.07) is 16.8. The predicted molar refractivity (Wildman–Crippen MR) is 160 cm³/mol. The van der Waals surface area contributed by atoms with Crippen LogP contribution in [0.5, 0.6) is 0 Å². The number of carbonyl (C=O) groups excluding carboxylic acids is 1. The Kier molecular flexibility index (Phi) is 7.91. The van der Waals surface area contributed by atoms with Crippen molar-refractivity contribution < 1.29 is 13.2 Å². The normalized spacial score (nSPS) is 20.1.